The summed E-state index contributed by atoms with van der Waals surface area (Å²) < 4.78 is 0. The summed E-state index contributed by atoms with van der Waals surface area (Å²) in [5.41, 5.74) is 6.04. The summed E-state index contributed by atoms with van der Waals surface area (Å²) in [7, 11) is 0. The Labute approximate surface area is 49.2 Å². The highest BCUT2D eigenvalue weighted by atomic mass is 32.1. The molecule has 0 atom stereocenters. The summed E-state index contributed by atoms with van der Waals surface area (Å²) >= 11 is 4.72. The van der Waals surface area contributed by atoms with Gasteiger partial charge >= 0.3 is 0 Å². The normalized spacial score (nSPS) is 11.4. The van der Waals surface area contributed by atoms with Crippen LogP contribution in [0.15, 0.2) is 11.8 Å². The maximum Gasteiger partial charge on any atom is 0.0138 e. The van der Waals surface area contributed by atoms with Crippen LogP contribution in [0.1, 0.15) is 13.8 Å². The summed E-state index contributed by atoms with van der Waals surface area (Å²) in [4.78, 5) is 0.833. The predicted octanol–water partition coefficient (Wildman–Crippen LogP) is 1.24. The van der Waals surface area contributed by atoms with Gasteiger partial charge in [0.2, 0.25) is 0 Å². The fourth-order valence-electron chi connectivity index (χ4n) is 0.321. The molecule has 0 aromatic rings. The van der Waals surface area contributed by atoms with Gasteiger partial charge in [-0.05, 0) is 19.9 Å². The molecule has 0 heterocycles. The second kappa shape index (κ2) is 2.75. The third-order valence-corrected chi connectivity index (χ3v) is 0.549. The van der Waals surface area contributed by atoms with Gasteiger partial charge in [-0.1, -0.05) is 12.2 Å². The summed E-state index contributed by atoms with van der Waals surface area (Å²) in [5.74, 6) is 0. The lowest BCUT2D eigenvalue weighted by molar-refractivity contribution is 1.33. The van der Waals surface area contributed by atoms with E-state index in [-0.39, 0.29) is 0 Å². The maximum absolute atomic E-state index is 5.27. The van der Waals surface area contributed by atoms with Gasteiger partial charge in [-0.15, -0.1) is 0 Å². The first-order chi connectivity index (χ1) is 3.13. The Balaban J connectivity index is 3.68. The predicted molar refractivity (Wildman–Crippen MR) is 36.2 cm³/mol. The molecule has 1 nitrogen and oxygen atoms in total. The van der Waals surface area contributed by atoms with Crippen molar-refractivity contribution in [2.45, 2.75) is 13.8 Å². The van der Waals surface area contributed by atoms with E-state index in [0.29, 0.717) is 0 Å². The summed E-state index contributed by atoms with van der Waals surface area (Å²) in [6, 6.07) is 0. The highest BCUT2D eigenvalue weighted by Gasteiger charge is 1.76. The first kappa shape index (κ1) is 6.63. The number of hydrogen-bond donors (Lipinski definition) is 1. The third kappa shape index (κ3) is 5.63. The Morgan fingerprint density at radius 2 is 2.00 bits per heavy atom. The zero-order valence-electron chi connectivity index (χ0n) is 4.56. The molecule has 0 aliphatic rings. The van der Waals surface area contributed by atoms with Gasteiger partial charge in [0.1, 0.15) is 0 Å². The topological polar surface area (TPSA) is 26.0 Å². The van der Waals surface area contributed by atoms with Crippen molar-refractivity contribution in [2.75, 3.05) is 0 Å². The minimum atomic E-state index is 0.771. The van der Waals surface area contributed by atoms with Gasteiger partial charge in [0, 0.05) is 10.6 Å². The molecule has 0 aliphatic heterocycles. The van der Waals surface area contributed by atoms with E-state index in [9.17, 15) is 0 Å². The van der Waals surface area contributed by atoms with Crippen molar-refractivity contribution in [1.29, 1.82) is 0 Å². The largest absolute Gasteiger partial charge is 0.402 e. The molecule has 0 unspecified atom stereocenters. The van der Waals surface area contributed by atoms with Crippen molar-refractivity contribution in [3.63, 3.8) is 0 Å². The van der Waals surface area contributed by atoms with Gasteiger partial charge < -0.3 is 5.73 Å². The molecule has 0 aromatic carbocycles. The molecule has 7 heavy (non-hydrogen) atoms. The van der Waals surface area contributed by atoms with E-state index in [0.717, 1.165) is 10.6 Å². The molecule has 0 aliphatic carbocycles. The van der Waals surface area contributed by atoms with E-state index in [2.05, 4.69) is 0 Å². The number of rotatable bonds is 1. The molecule has 0 bridgehead atoms. The van der Waals surface area contributed by atoms with E-state index in [1.54, 1.807) is 6.08 Å². The Kier molecular flexibility index (Phi) is 2.60. The quantitative estimate of drug-likeness (QED) is 0.411. The van der Waals surface area contributed by atoms with Crippen LogP contribution in [-0.4, -0.2) is 4.86 Å². The van der Waals surface area contributed by atoms with Crippen LogP contribution in [0.3, 0.4) is 0 Å². The fraction of sp³-hybridized carbons (Fsp3) is 0.400. The first-order valence-electron chi connectivity index (χ1n) is 2.07. The standard InChI is InChI=1S/C5H9NS/c1-4(6)3-5(2)7/h3H,6H2,1-2H3/b4-3-. The van der Waals surface area contributed by atoms with Crippen LogP contribution in [0, 0.1) is 0 Å². The van der Waals surface area contributed by atoms with E-state index < -0.39 is 0 Å². The molecule has 0 saturated carbocycles. The molecular formula is C5H9NS. The molecule has 0 rings (SSSR count). The summed E-state index contributed by atoms with van der Waals surface area (Å²) in [6.45, 7) is 3.65. The Bertz CT molecular complexity index is 101. The van der Waals surface area contributed by atoms with Crippen molar-refractivity contribution >= 4 is 17.1 Å². The SMILES string of the molecule is CC(=S)/C=C(/C)N. The van der Waals surface area contributed by atoms with Gasteiger partial charge in [0.05, 0.1) is 0 Å². The van der Waals surface area contributed by atoms with Gasteiger partial charge in [0.15, 0.2) is 0 Å². The van der Waals surface area contributed by atoms with Crippen molar-refractivity contribution < 1.29 is 0 Å². The maximum atomic E-state index is 5.27. The van der Waals surface area contributed by atoms with Crippen LogP contribution in [0.2, 0.25) is 0 Å². The number of allylic oxidation sites excluding steroid dienone is 2. The average molecular weight is 115 g/mol. The lowest BCUT2D eigenvalue weighted by Crippen LogP contribution is -1.92. The first-order valence-corrected chi connectivity index (χ1v) is 2.48. The molecule has 0 saturated heterocycles. The molecule has 0 spiro atoms. The summed E-state index contributed by atoms with van der Waals surface area (Å²) in [5, 5.41) is 0. The molecule has 0 fully saturated rings. The molecule has 2 N–H and O–H groups in total. The van der Waals surface area contributed by atoms with E-state index in [1.807, 2.05) is 13.8 Å². The molecular weight excluding hydrogens is 106 g/mol. The number of hydrogen-bond acceptors (Lipinski definition) is 2. The summed E-state index contributed by atoms with van der Waals surface area (Å²) in [6.07, 6.45) is 1.76. The van der Waals surface area contributed by atoms with Gasteiger partial charge in [-0.25, -0.2) is 0 Å². The number of thiocarbonyl (C=S) groups is 1. The monoisotopic (exact) mass is 115 g/mol. The van der Waals surface area contributed by atoms with Crippen molar-refractivity contribution in [2.24, 2.45) is 5.73 Å². The van der Waals surface area contributed by atoms with Crippen LogP contribution in [-0.2, 0) is 0 Å². The lowest BCUT2D eigenvalue weighted by atomic mass is 10.4. The van der Waals surface area contributed by atoms with Crippen molar-refractivity contribution in [3.05, 3.63) is 11.8 Å². The zero-order valence-corrected chi connectivity index (χ0v) is 5.38. The minimum absolute atomic E-state index is 0.771. The second-order valence-corrected chi connectivity index (χ2v) is 2.14. The Morgan fingerprint density at radius 3 is 2.00 bits per heavy atom. The van der Waals surface area contributed by atoms with Crippen molar-refractivity contribution in [3.8, 4) is 0 Å². The molecule has 0 amide bonds. The van der Waals surface area contributed by atoms with Gasteiger partial charge in [-0.3, -0.25) is 0 Å². The molecule has 0 radical (unpaired) electrons. The van der Waals surface area contributed by atoms with Crippen LogP contribution < -0.4 is 5.73 Å². The zero-order chi connectivity index (χ0) is 5.86. The molecule has 40 valence electrons. The van der Waals surface area contributed by atoms with Crippen molar-refractivity contribution in [1.82, 2.24) is 0 Å². The third-order valence-electron chi connectivity index (χ3n) is 0.431. The Morgan fingerprint density at radius 1 is 1.57 bits per heavy atom. The lowest BCUT2D eigenvalue weighted by Gasteiger charge is -1.84. The molecule has 2 heteroatoms. The highest BCUT2D eigenvalue weighted by molar-refractivity contribution is 7.80. The number of nitrogens with two attached hydrogens (primary N) is 1. The van der Waals surface area contributed by atoms with Crippen LogP contribution in [0.4, 0.5) is 0 Å². The van der Waals surface area contributed by atoms with E-state index in [4.69, 9.17) is 18.0 Å². The molecule has 0 aromatic heterocycles. The fourth-order valence-corrected chi connectivity index (χ4v) is 0.507. The second-order valence-electron chi connectivity index (χ2n) is 1.50. The average Bonchev–Trinajstić information content (AvgIpc) is 1.27. The van der Waals surface area contributed by atoms with Gasteiger partial charge in [-0.2, -0.15) is 0 Å². The van der Waals surface area contributed by atoms with Crippen LogP contribution >= 0.6 is 12.2 Å². The van der Waals surface area contributed by atoms with E-state index in [1.165, 1.54) is 0 Å². The highest BCUT2D eigenvalue weighted by Crippen LogP contribution is 1.81. The van der Waals surface area contributed by atoms with Crippen LogP contribution in [0.25, 0.3) is 0 Å². The smallest absolute Gasteiger partial charge is 0.0138 e. The minimum Gasteiger partial charge on any atom is -0.402 e. The van der Waals surface area contributed by atoms with Gasteiger partial charge in [0.25, 0.3) is 0 Å². The van der Waals surface area contributed by atoms with Crippen LogP contribution in [0.5, 0.6) is 0 Å². The Hall–Kier alpha value is -0.370. The van der Waals surface area contributed by atoms with E-state index >= 15 is 0 Å².